The molecule has 3 aromatic rings. The van der Waals surface area contributed by atoms with Crippen LogP contribution in [-0.4, -0.2) is 65.8 Å². The van der Waals surface area contributed by atoms with Crippen molar-refractivity contribution in [2.75, 3.05) is 39.3 Å². The van der Waals surface area contributed by atoms with E-state index in [4.69, 9.17) is 9.15 Å². The monoisotopic (exact) mass is 567 g/mol. The lowest BCUT2D eigenvalue weighted by molar-refractivity contribution is -0.137. The van der Waals surface area contributed by atoms with E-state index in [0.717, 1.165) is 75.2 Å². The minimum atomic E-state index is -0.134. The van der Waals surface area contributed by atoms with Gasteiger partial charge in [-0.3, -0.25) is 14.5 Å². The number of benzene rings is 2. The topological polar surface area (TPSA) is 66.2 Å². The molecule has 2 amide bonds. The molecular weight excluding hydrogens is 526 g/mol. The predicted molar refractivity (Wildman–Crippen MR) is 162 cm³/mol. The maximum atomic E-state index is 13.7. The SMILES string of the molecule is C=CCN1CCN(C(=O)c2ccc(COc3ccc4c(c3)C(c3cccc(C)c3)N(C(=O)C3CCCC3)CC4)o2)CC1. The van der Waals surface area contributed by atoms with Crippen molar-refractivity contribution in [3.8, 4) is 5.75 Å². The van der Waals surface area contributed by atoms with Crippen LogP contribution >= 0.6 is 0 Å². The summed E-state index contributed by atoms with van der Waals surface area (Å²) < 4.78 is 12.1. The lowest BCUT2D eigenvalue weighted by Gasteiger charge is -2.39. The van der Waals surface area contributed by atoms with E-state index in [0.29, 0.717) is 24.6 Å². The fraction of sp³-hybridized carbons (Fsp3) is 0.429. The second-order valence-corrected chi connectivity index (χ2v) is 11.9. The molecule has 2 fully saturated rings. The number of nitrogens with zero attached hydrogens (tertiary/aromatic N) is 3. The van der Waals surface area contributed by atoms with Gasteiger partial charge in [-0.15, -0.1) is 6.58 Å². The van der Waals surface area contributed by atoms with E-state index in [9.17, 15) is 9.59 Å². The van der Waals surface area contributed by atoms with Gasteiger partial charge in [-0.1, -0.05) is 54.8 Å². The molecule has 0 bridgehead atoms. The Balaban J connectivity index is 1.17. The zero-order valence-corrected chi connectivity index (χ0v) is 24.6. The number of aryl methyl sites for hydroxylation is 1. The fourth-order valence-electron chi connectivity index (χ4n) is 6.72. The summed E-state index contributed by atoms with van der Waals surface area (Å²) in [6, 6.07) is 18.2. The molecule has 6 rings (SSSR count). The number of ether oxygens (including phenoxy) is 1. The molecule has 2 aliphatic heterocycles. The molecule has 0 spiro atoms. The van der Waals surface area contributed by atoms with Crippen molar-refractivity contribution in [2.24, 2.45) is 5.92 Å². The van der Waals surface area contributed by atoms with E-state index in [1.165, 1.54) is 11.1 Å². The quantitative estimate of drug-likeness (QED) is 0.323. The van der Waals surface area contributed by atoms with Crippen LogP contribution in [0.1, 0.15) is 70.3 Å². The van der Waals surface area contributed by atoms with Gasteiger partial charge < -0.3 is 19.0 Å². The average molecular weight is 568 g/mol. The van der Waals surface area contributed by atoms with Crippen LogP contribution in [0.5, 0.6) is 5.75 Å². The molecule has 1 aliphatic carbocycles. The fourth-order valence-corrected chi connectivity index (χ4v) is 6.72. The Morgan fingerprint density at radius 2 is 1.81 bits per heavy atom. The van der Waals surface area contributed by atoms with Crippen molar-refractivity contribution in [3.05, 3.63) is 101 Å². The zero-order chi connectivity index (χ0) is 29.1. The van der Waals surface area contributed by atoms with E-state index in [2.05, 4.69) is 59.7 Å². The molecule has 7 nitrogen and oxygen atoms in total. The molecule has 1 atom stereocenters. The molecule has 1 saturated heterocycles. The Hall–Kier alpha value is -3.84. The molecule has 220 valence electrons. The molecule has 1 unspecified atom stereocenters. The van der Waals surface area contributed by atoms with Crippen LogP contribution in [0.25, 0.3) is 0 Å². The highest BCUT2D eigenvalue weighted by atomic mass is 16.5. The largest absolute Gasteiger partial charge is 0.486 e. The lowest BCUT2D eigenvalue weighted by atomic mass is 9.86. The molecule has 1 saturated carbocycles. The van der Waals surface area contributed by atoms with Crippen LogP contribution in [0.4, 0.5) is 0 Å². The third kappa shape index (κ3) is 6.02. The minimum Gasteiger partial charge on any atom is -0.486 e. The first-order chi connectivity index (χ1) is 20.5. The standard InChI is InChI=1S/C35H41N3O4/c1-3-16-36-18-20-37(21-19-36)35(40)32-14-13-30(42-32)24-41-29-12-11-26-15-17-38(34(39)27-8-4-5-9-27)33(31(26)23-29)28-10-6-7-25(2)22-28/h3,6-7,10-14,22-23,27,33H,1,4-5,8-9,15-21,24H2,2H3. The number of carbonyl (C=O) groups is 2. The van der Waals surface area contributed by atoms with Gasteiger partial charge in [-0.2, -0.15) is 0 Å². The summed E-state index contributed by atoms with van der Waals surface area (Å²) in [5, 5.41) is 0. The van der Waals surface area contributed by atoms with Crippen LogP contribution in [0.2, 0.25) is 0 Å². The van der Waals surface area contributed by atoms with Crippen LogP contribution in [0.3, 0.4) is 0 Å². The van der Waals surface area contributed by atoms with Crippen molar-refractivity contribution in [2.45, 2.75) is 51.7 Å². The van der Waals surface area contributed by atoms with E-state index in [1.54, 1.807) is 6.07 Å². The highest BCUT2D eigenvalue weighted by Crippen LogP contribution is 2.40. The van der Waals surface area contributed by atoms with Gasteiger partial charge in [0, 0.05) is 45.2 Å². The summed E-state index contributed by atoms with van der Waals surface area (Å²) in [6.45, 7) is 10.7. The normalized spacial score (nSPS) is 19.5. The average Bonchev–Trinajstić information content (AvgIpc) is 3.72. The van der Waals surface area contributed by atoms with Gasteiger partial charge in [0.05, 0.1) is 6.04 Å². The zero-order valence-electron chi connectivity index (χ0n) is 24.6. The molecule has 42 heavy (non-hydrogen) atoms. The Kier molecular flexibility index (Phi) is 8.47. The number of amides is 2. The smallest absolute Gasteiger partial charge is 0.289 e. The number of hydrogen-bond acceptors (Lipinski definition) is 5. The van der Waals surface area contributed by atoms with E-state index >= 15 is 0 Å². The number of furan rings is 1. The molecule has 1 aromatic heterocycles. The number of piperazine rings is 1. The first kappa shape index (κ1) is 28.3. The number of carbonyl (C=O) groups excluding carboxylic acids is 2. The van der Waals surface area contributed by atoms with Gasteiger partial charge in [0.1, 0.15) is 18.1 Å². The van der Waals surface area contributed by atoms with Crippen LogP contribution in [0.15, 0.2) is 71.7 Å². The first-order valence-electron chi connectivity index (χ1n) is 15.3. The molecule has 3 heterocycles. The first-order valence-corrected chi connectivity index (χ1v) is 15.3. The number of fused-ring (bicyclic) bond motifs is 1. The van der Waals surface area contributed by atoms with Crippen molar-refractivity contribution in [1.29, 1.82) is 0 Å². The van der Waals surface area contributed by atoms with Crippen molar-refractivity contribution < 1.29 is 18.7 Å². The predicted octanol–water partition coefficient (Wildman–Crippen LogP) is 5.78. The van der Waals surface area contributed by atoms with Crippen LogP contribution < -0.4 is 4.74 Å². The summed E-state index contributed by atoms with van der Waals surface area (Å²) in [5.41, 5.74) is 4.70. The highest BCUT2D eigenvalue weighted by Gasteiger charge is 2.36. The Labute approximate surface area is 248 Å². The van der Waals surface area contributed by atoms with Gasteiger partial charge in [0.2, 0.25) is 5.91 Å². The van der Waals surface area contributed by atoms with Crippen molar-refractivity contribution in [3.63, 3.8) is 0 Å². The number of hydrogen-bond donors (Lipinski definition) is 0. The molecule has 3 aliphatic rings. The molecule has 2 aromatic carbocycles. The Morgan fingerprint density at radius 1 is 1.00 bits per heavy atom. The Morgan fingerprint density at radius 3 is 2.57 bits per heavy atom. The third-order valence-electron chi connectivity index (χ3n) is 8.99. The molecule has 0 N–H and O–H groups in total. The van der Waals surface area contributed by atoms with E-state index < -0.39 is 0 Å². The molecule has 0 radical (unpaired) electrons. The second kappa shape index (κ2) is 12.6. The third-order valence-corrected chi connectivity index (χ3v) is 8.99. The van der Waals surface area contributed by atoms with Gasteiger partial charge >= 0.3 is 0 Å². The summed E-state index contributed by atoms with van der Waals surface area (Å²) in [6.07, 6.45) is 6.99. The molecule has 7 heteroatoms. The maximum Gasteiger partial charge on any atom is 0.289 e. The van der Waals surface area contributed by atoms with E-state index in [-0.39, 0.29) is 30.4 Å². The molecular formula is C35H41N3O4. The number of rotatable bonds is 8. The summed E-state index contributed by atoms with van der Waals surface area (Å²) in [5.74, 6) is 2.01. The van der Waals surface area contributed by atoms with Crippen LogP contribution in [-0.2, 0) is 17.8 Å². The van der Waals surface area contributed by atoms with Crippen molar-refractivity contribution >= 4 is 11.8 Å². The highest BCUT2D eigenvalue weighted by molar-refractivity contribution is 5.91. The van der Waals surface area contributed by atoms with Crippen molar-refractivity contribution in [1.82, 2.24) is 14.7 Å². The van der Waals surface area contributed by atoms with Gasteiger partial charge in [-0.05, 0) is 67.1 Å². The maximum absolute atomic E-state index is 13.7. The summed E-state index contributed by atoms with van der Waals surface area (Å²) in [7, 11) is 0. The summed E-state index contributed by atoms with van der Waals surface area (Å²) in [4.78, 5) is 33.0. The van der Waals surface area contributed by atoms with E-state index in [1.807, 2.05) is 23.1 Å². The van der Waals surface area contributed by atoms with Gasteiger partial charge in [0.25, 0.3) is 5.91 Å². The minimum absolute atomic E-state index is 0.0821. The van der Waals surface area contributed by atoms with Gasteiger partial charge in [0.15, 0.2) is 5.76 Å². The van der Waals surface area contributed by atoms with Crippen LogP contribution in [0, 0.1) is 12.8 Å². The van der Waals surface area contributed by atoms with Gasteiger partial charge in [-0.25, -0.2) is 0 Å². The second-order valence-electron chi connectivity index (χ2n) is 11.9. The Bertz CT molecular complexity index is 1430. The lowest BCUT2D eigenvalue weighted by Crippen LogP contribution is -2.48. The summed E-state index contributed by atoms with van der Waals surface area (Å²) >= 11 is 0.